The Morgan fingerprint density at radius 2 is 2.05 bits per heavy atom. The van der Waals surface area contributed by atoms with E-state index < -0.39 is 0 Å². The maximum Gasteiger partial charge on any atom is 0.123 e. The summed E-state index contributed by atoms with van der Waals surface area (Å²) in [6, 6.07) is 14.1. The zero-order valence-corrected chi connectivity index (χ0v) is 11.6. The minimum atomic E-state index is 0.174. The number of hydrogen-bond acceptors (Lipinski definition) is 2. The van der Waals surface area contributed by atoms with Crippen molar-refractivity contribution in [1.82, 2.24) is 0 Å². The molecule has 1 aliphatic heterocycles. The SMILES string of the molecule is Cc1cccc(Cl)c1NCC1Cc2ccccc2O1. The second-order valence-corrected chi connectivity index (χ2v) is 5.27. The van der Waals surface area contributed by atoms with E-state index in [-0.39, 0.29) is 6.10 Å². The predicted octanol–water partition coefficient (Wildman–Crippen LogP) is 4.06. The highest BCUT2D eigenvalue weighted by molar-refractivity contribution is 6.33. The van der Waals surface area contributed by atoms with Crippen molar-refractivity contribution in [3.8, 4) is 5.75 Å². The maximum atomic E-state index is 6.20. The molecule has 0 bridgehead atoms. The van der Waals surface area contributed by atoms with Gasteiger partial charge in [-0.15, -0.1) is 0 Å². The van der Waals surface area contributed by atoms with Crippen LogP contribution in [0.4, 0.5) is 5.69 Å². The molecule has 2 nitrogen and oxygen atoms in total. The van der Waals surface area contributed by atoms with Gasteiger partial charge in [0.25, 0.3) is 0 Å². The molecule has 0 aromatic heterocycles. The molecule has 3 heteroatoms. The van der Waals surface area contributed by atoms with Gasteiger partial charge < -0.3 is 10.1 Å². The molecule has 0 radical (unpaired) electrons. The van der Waals surface area contributed by atoms with E-state index in [1.165, 1.54) is 5.56 Å². The monoisotopic (exact) mass is 273 g/mol. The second kappa shape index (κ2) is 5.14. The summed E-state index contributed by atoms with van der Waals surface area (Å²) < 4.78 is 5.90. The lowest BCUT2D eigenvalue weighted by molar-refractivity contribution is 0.246. The molecule has 2 aromatic carbocycles. The van der Waals surface area contributed by atoms with Crippen molar-refractivity contribution >= 4 is 17.3 Å². The first-order valence-electron chi connectivity index (χ1n) is 6.47. The van der Waals surface area contributed by atoms with Gasteiger partial charge in [-0.3, -0.25) is 0 Å². The van der Waals surface area contributed by atoms with Crippen molar-refractivity contribution in [2.24, 2.45) is 0 Å². The van der Waals surface area contributed by atoms with Crippen LogP contribution in [0, 0.1) is 6.92 Å². The molecule has 1 heterocycles. The minimum absolute atomic E-state index is 0.174. The van der Waals surface area contributed by atoms with E-state index in [1.807, 2.05) is 24.3 Å². The Bertz CT molecular complexity index is 552. The number of aryl methyl sites for hydroxylation is 1. The summed E-state index contributed by atoms with van der Waals surface area (Å²) in [4.78, 5) is 0. The van der Waals surface area contributed by atoms with Gasteiger partial charge in [0.1, 0.15) is 11.9 Å². The molecule has 0 saturated carbocycles. The van der Waals surface area contributed by atoms with Crippen LogP contribution in [-0.2, 0) is 6.42 Å². The van der Waals surface area contributed by atoms with Crippen LogP contribution in [0.25, 0.3) is 0 Å². The summed E-state index contributed by atoms with van der Waals surface area (Å²) in [5.41, 5.74) is 3.44. The molecule has 0 spiro atoms. The Balaban J connectivity index is 1.66. The third kappa shape index (κ3) is 2.54. The lowest BCUT2D eigenvalue weighted by Gasteiger charge is -2.15. The Morgan fingerprint density at radius 3 is 2.84 bits per heavy atom. The molecule has 2 aromatic rings. The third-order valence-corrected chi connectivity index (χ3v) is 3.76. The number of anilines is 1. The highest BCUT2D eigenvalue weighted by atomic mass is 35.5. The zero-order chi connectivity index (χ0) is 13.2. The summed E-state index contributed by atoms with van der Waals surface area (Å²) in [6.07, 6.45) is 1.13. The fourth-order valence-corrected chi connectivity index (χ4v) is 2.73. The minimum Gasteiger partial charge on any atom is -0.488 e. The quantitative estimate of drug-likeness (QED) is 0.910. The summed E-state index contributed by atoms with van der Waals surface area (Å²) in [5, 5.41) is 4.16. The van der Waals surface area contributed by atoms with E-state index >= 15 is 0 Å². The Hall–Kier alpha value is -1.67. The molecular weight excluding hydrogens is 258 g/mol. The summed E-state index contributed by atoms with van der Waals surface area (Å²) >= 11 is 6.20. The van der Waals surface area contributed by atoms with Crippen LogP contribution >= 0.6 is 11.6 Å². The lowest BCUT2D eigenvalue weighted by Crippen LogP contribution is -2.24. The van der Waals surface area contributed by atoms with Gasteiger partial charge in [-0.25, -0.2) is 0 Å². The average molecular weight is 274 g/mol. The smallest absolute Gasteiger partial charge is 0.123 e. The molecule has 0 amide bonds. The van der Waals surface area contributed by atoms with Gasteiger partial charge in [-0.1, -0.05) is 41.9 Å². The number of benzene rings is 2. The molecule has 1 unspecified atom stereocenters. The van der Waals surface area contributed by atoms with Gasteiger partial charge in [0.05, 0.1) is 17.3 Å². The maximum absolute atomic E-state index is 6.20. The number of halogens is 1. The highest BCUT2D eigenvalue weighted by Gasteiger charge is 2.22. The van der Waals surface area contributed by atoms with Crippen molar-refractivity contribution in [2.75, 3.05) is 11.9 Å². The summed E-state index contributed by atoms with van der Waals surface area (Å²) in [7, 11) is 0. The topological polar surface area (TPSA) is 21.3 Å². The van der Waals surface area contributed by atoms with Crippen LogP contribution in [-0.4, -0.2) is 12.6 Å². The fourth-order valence-electron chi connectivity index (χ4n) is 2.44. The lowest BCUT2D eigenvalue weighted by atomic mass is 10.1. The number of rotatable bonds is 3. The summed E-state index contributed by atoms with van der Waals surface area (Å²) in [6.45, 7) is 2.82. The molecule has 1 atom stereocenters. The van der Waals surface area contributed by atoms with Crippen LogP contribution in [0.2, 0.25) is 5.02 Å². The first-order chi connectivity index (χ1) is 9.24. The molecule has 0 aliphatic carbocycles. The van der Waals surface area contributed by atoms with Crippen molar-refractivity contribution in [3.63, 3.8) is 0 Å². The largest absolute Gasteiger partial charge is 0.488 e. The van der Waals surface area contributed by atoms with Crippen LogP contribution in [0.1, 0.15) is 11.1 Å². The molecule has 19 heavy (non-hydrogen) atoms. The zero-order valence-electron chi connectivity index (χ0n) is 10.8. The predicted molar refractivity (Wildman–Crippen MR) is 79.2 cm³/mol. The molecular formula is C16H16ClNO. The molecule has 3 rings (SSSR count). The van der Waals surface area contributed by atoms with E-state index in [2.05, 4.69) is 30.4 Å². The molecule has 0 saturated heterocycles. The van der Waals surface area contributed by atoms with Crippen molar-refractivity contribution in [2.45, 2.75) is 19.4 Å². The first kappa shape index (κ1) is 12.4. The van der Waals surface area contributed by atoms with E-state index in [0.29, 0.717) is 0 Å². The van der Waals surface area contributed by atoms with E-state index in [1.54, 1.807) is 0 Å². The van der Waals surface area contributed by atoms with Gasteiger partial charge in [-0.05, 0) is 30.2 Å². The number of para-hydroxylation sites is 2. The van der Waals surface area contributed by atoms with Crippen LogP contribution in [0.15, 0.2) is 42.5 Å². The van der Waals surface area contributed by atoms with Gasteiger partial charge in [0.15, 0.2) is 0 Å². The van der Waals surface area contributed by atoms with Gasteiger partial charge in [-0.2, -0.15) is 0 Å². The number of hydrogen-bond donors (Lipinski definition) is 1. The Morgan fingerprint density at radius 1 is 1.21 bits per heavy atom. The fraction of sp³-hybridized carbons (Fsp3) is 0.250. The normalized spacial score (nSPS) is 16.8. The Labute approximate surface area is 118 Å². The van der Waals surface area contributed by atoms with Crippen LogP contribution in [0.5, 0.6) is 5.75 Å². The molecule has 1 N–H and O–H groups in total. The molecule has 0 fully saturated rings. The Kier molecular flexibility index (Phi) is 3.34. The number of nitrogens with one attached hydrogen (secondary N) is 1. The number of fused-ring (bicyclic) bond motifs is 1. The van der Waals surface area contributed by atoms with Gasteiger partial charge in [0, 0.05) is 6.42 Å². The van der Waals surface area contributed by atoms with E-state index in [0.717, 1.165) is 35.0 Å². The average Bonchev–Trinajstić information content (AvgIpc) is 2.81. The van der Waals surface area contributed by atoms with Crippen molar-refractivity contribution in [1.29, 1.82) is 0 Å². The van der Waals surface area contributed by atoms with E-state index in [4.69, 9.17) is 16.3 Å². The van der Waals surface area contributed by atoms with Crippen LogP contribution < -0.4 is 10.1 Å². The van der Waals surface area contributed by atoms with Crippen molar-refractivity contribution in [3.05, 3.63) is 58.6 Å². The van der Waals surface area contributed by atoms with Crippen molar-refractivity contribution < 1.29 is 4.74 Å². The molecule has 1 aliphatic rings. The second-order valence-electron chi connectivity index (χ2n) is 4.86. The van der Waals surface area contributed by atoms with Gasteiger partial charge in [0.2, 0.25) is 0 Å². The standard InChI is InChI=1S/C16H16ClNO/c1-11-5-4-7-14(17)16(11)18-10-13-9-12-6-2-3-8-15(12)19-13/h2-8,13,18H,9-10H2,1H3. The third-order valence-electron chi connectivity index (χ3n) is 3.44. The van der Waals surface area contributed by atoms with Crippen LogP contribution in [0.3, 0.4) is 0 Å². The first-order valence-corrected chi connectivity index (χ1v) is 6.85. The number of ether oxygens (including phenoxy) is 1. The van der Waals surface area contributed by atoms with Gasteiger partial charge >= 0.3 is 0 Å². The molecule has 98 valence electrons. The van der Waals surface area contributed by atoms with E-state index in [9.17, 15) is 0 Å². The summed E-state index contributed by atoms with van der Waals surface area (Å²) in [5.74, 6) is 1.00. The highest BCUT2D eigenvalue weighted by Crippen LogP contribution is 2.29.